The number of aliphatic carboxylic acids is 1. The van der Waals surface area contributed by atoms with Gasteiger partial charge in [-0.3, -0.25) is 0 Å². The fourth-order valence-electron chi connectivity index (χ4n) is 1.55. The zero-order valence-electron chi connectivity index (χ0n) is 10.4. The highest BCUT2D eigenvalue weighted by molar-refractivity contribution is 5.86. The van der Waals surface area contributed by atoms with Crippen molar-refractivity contribution in [1.29, 1.82) is 0 Å². The van der Waals surface area contributed by atoms with E-state index in [1.54, 1.807) is 6.08 Å². The number of aliphatic hydroxyl groups excluding tert-OH is 1. The van der Waals surface area contributed by atoms with Gasteiger partial charge in [-0.05, 0) is 19.3 Å². The summed E-state index contributed by atoms with van der Waals surface area (Å²) < 4.78 is 0. The van der Waals surface area contributed by atoms with Crippen molar-refractivity contribution in [1.82, 2.24) is 5.32 Å². The van der Waals surface area contributed by atoms with E-state index in [2.05, 4.69) is 5.32 Å². The van der Waals surface area contributed by atoms with Crippen LogP contribution in [-0.2, 0) is 4.79 Å². The third-order valence-electron chi connectivity index (χ3n) is 3.14. The minimum Gasteiger partial charge on any atom is -0.478 e. The number of aliphatic hydroxyl groups is 1. The summed E-state index contributed by atoms with van der Waals surface area (Å²) in [7, 11) is 0. The molecule has 0 saturated carbocycles. The van der Waals surface area contributed by atoms with Crippen LogP contribution >= 0.6 is 0 Å². The van der Waals surface area contributed by atoms with Gasteiger partial charge < -0.3 is 15.5 Å². The molecule has 0 aromatic carbocycles. The molecule has 0 rings (SSSR count). The molecular weight excluding hydrogens is 206 g/mol. The second kappa shape index (κ2) is 7.41. The molecule has 0 unspecified atom stereocenters. The van der Waals surface area contributed by atoms with E-state index in [4.69, 9.17) is 5.11 Å². The van der Waals surface area contributed by atoms with Crippen LogP contribution in [0.5, 0.6) is 0 Å². The highest BCUT2D eigenvalue weighted by atomic mass is 16.4. The molecule has 94 valence electrons. The number of carboxylic acids is 1. The Bertz CT molecular complexity index is 236. The maximum Gasteiger partial charge on any atom is 0.331 e. The Morgan fingerprint density at radius 2 is 1.88 bits per heavy atom. The van der Waals surface area contributed by atoms with Gasteiger partial charge in [-0.1, -0.05) is 26.8 Å². The van der Waals surface area contributed by atoms with Crippen LogP contribution in [0.4, 0.5) is 0 Å². The third kappa shape index (κ3) is 4.33. The fourth-order valence-corrected chi connectivity index (χ4v) is 1.55. The summed E-state index contributed by atoms with van der Waals surface area (Å²) in [5.41, 5.74) is 0.125. The van der Waals surface area contributed by atoms with Crippen LogP contribution < -0.4 is 5.32 Å². The van der Waals surface area contributed by atoms with Gasteiger partial charge in [0.1, 0.15) is 0 Å². The molecular formula is C12H23NO3. The maximum atomic E-state index is 10.7. The summed E-state index contributed by atoms with van der Waals surface area (Å²) >= 11 is 0. The first-order valence-electron chi connectivity index (χ1n) is 5.83. The minimum atomic E-state index is -0.869. The molecule has 0 aliphatic heterocycles. The van der Waals surface area contributed by atoms with E-state index < -0.39 is 5.97 Å². The molecule has 0 radical (unpaired) electrons. The Kier molecular flexibility index (Phi) is 7.01. The van der Waals surface area contributed by atoms with Crippen molar-refractivity contribution in [3.8, 4) is 0 Å². The lowest BCUT2D eigenvalue weighted by Gasteiger charge is -2.30. The van der Waals surface area contributed by atoms with Gasteiger partial charge in [-0.2, -0.15) is 0 Å². The quantitative estimate of drug-likeness (QED) is 0.552. The van der Waals surface area contributed by atoms with Crippen LogP contribution in [0.3, 0.4) is 0 Å². The van der Waals surface area contributed by atoms with Crippen molar-refractivity contribution < 1.29 is 15.0 Å². The van der Waals surface area contributed by atoms with Crippen LogP contribution in [-0.4, -0.2) is 34.9 Å². The lowest BCUT2D eigenvalue weighted by atomic mass is 9.94. The summed E-state index contributed by atoms with van der Waals surface area (Å²) in [6, 6.07) is 0. The molecule has 0 amide bonds. The molecule has 0 aliphatic carbocycles. The predicted octanol–water partition coefficient (Wildman–Crippen LogP) is 1.55. The van der Waals surface area contributed by atoms with Crippen molar-refractivity contribution in [3.63, 3.8) is 0 Å². The number of nitrogens with one attached hydrogen (secondary N) is 1. The summed E-state index contributed by atoms with van der Waals surface area (Å²) in [4.78, 5) is 10.7. The highest BCUT2D eigenvalue weighted by Crippen LogP contribution is 2.13. The molecule has 4 heteroatoms. The Morgan fingerprint density at radius 3 is 2.19 bits per heavy atom. The van der Waals surface area contributed by atoms with E-state index in [1.165, 1.54) is 0 Å². The SMILES string of the molecule is CCC(=CCNC(CC)(CC)CO)C(=O)O. The van der Waals surface area contributed by atoms with Gasteiger partial charge in [-0.15, -0.1) is 0 Å². The smallest absolute Gasteiger partial charge is 0.331 e. The van der Waals surface area contributed by atoms with Gasteiger partial charge >= 0.3 is 5.97 Å². The first-order valence-corrected chi connectivity index (χ1v) is 5.83. The van der Waals surface area contributed by atoms with Gasteiger partial charge in [0.25, 0.3) is 0 Å². The molecule has 0 heterocycles. The molecule has 0 spiro atoms. The standard InChI is InChI=1S/C12H23NO3/c1-4-10(11(15)16)7-8-13-12(5-2,6-3)9-14/h7,13-14H,4-6,8-9H2,1-3H3,(H,15,16). The molecule has 16 heavy (non-hydrogen) atoms. The van der Waals surface area contributed by atoms with Crippen LogP contribution in [0.2, 0.25) is 0 Å². The molecule has 4 nitrogen and oxygen atoms in total. The lowest BCUT2D eigenvalue weighted by Crippen LogP contribution is -2.47. The topological polar surface area (TPSA) is 69.6 Å². The average molecular weight is 229 g/mol. The van der Waals surface area contributed by atoms with Crippen LogP contribution in [0.25, 0.3) is 0 Å². The lowest BCUT2D eigenvalue weighted by molar-refractivity contribution is -0.132. The van der Waals surface area contributed by atoms with Gasteiger partial charge in [0, 0.05) is 17.7 Å². The highest BCUT2D eigenvalue weighted by Gasteiger charge is 2.23. The van der Waals surface area contributed by atoms with Crippen LogP contribution in [0.1, 0.15) is 40.0 Å². The fraction of sp³-hybridized carbons (Fsp3) is 0.750. The molecule has 0 atom stereocenters. The maximum absolute atomic E-state index is 10.7. The molecule has 3 N–H and O–H groups in total. The molecule has 0 aliphatic rings. The normalized spacial score (nSPS) is 12.9. The number of hydrogen-bond donors (Lipinski definition) is 3. The Hall–Kier alpha value is -0.870. The number of carboxylic acid groups (broad SMARTS) is 1. The van der Waals surface area contributed by atoms with E-state index in [-0.39, 0.29) is 12.1 Å². The zero-order valence-corrected chi connectivity index (χ0v) is 10.4. The Morgan fingerprint density at radius 1 is 1.31 bits per heavy atom. The van der Waals surface area contributed by atoms with Crippen molar-refractivity contribution in [3.05, 3.63) is 11.6 Å². The number of rotatable bonds is 8. The third-order valence-corrected chi connectivity index (χ3v) is 3.14. The van der Waals surface area contributed by atoms with Gasteiger partial charge in [0.2, 0.25) is 0 Å². The summed E-state index contributed by atoms with van der Waals surface area (Å²) in [6.07, 6.45) is 3.84. The van der Waals surface area contributed by atoms with Gasteiger partial charge in [-0.25, -0.2) is 4.79 Å². The summed E-state index contributed by atoms with van der Waals surface area (Å²) in [6.45, 7) is 6.39. The van der Waals surface area contributed by atoms with E-state index in [1.807, 2.05) is 20.8 Å². The second-order valence-electron chi connectivity index (χ2n) is 3.91. The number of carbonyl (C=O) groups is 1. The molecule has 0 bridgehead atoms. The summed E-state index contributed by atoms with van der Waals surface area (Å²) in [5.74, 6) is -0.869. The largest absolute Gasteiger partial charge is 0.478 e. The van der Waals surface area contributed by atoms with E-state index in [9.17, 15) is 9.90 Å². The molecule has 0 aromatic rings. The van der Waals surface area contributed by atoms with Crippen molar-refractivity contribution in [2.75, 3.05) is 13.2 Å². The van der Waals surface area contributed by atoms with Crippen molar-refractivity contribution >= 4 is 5.97 Å². The van der Waals surface area contributed by atoms with E-state index in [0.29, 0.717) is 18.5 Å². The monoisotopic (exact) mass is 229 g/mol. The predicted molar refractivity (Wildman–Crippen MR) is 64.4 cm³/mol. The van der Waals surface area contributed by atoms with Crippen molar-refractivity contribution in [2.24, 2.45) is 0 Å². The Labute approximate surface area is 97.4 Å². The van der Waals surface area contributed by atoms with Crippen LogP contribution in [0, 0.1) is 0 Å². The first-order chi connectivity index (χ1) is 7.55. The Balaban J connectivity index is 4.37. The summed E-state index contributed by atoms with van der Waals surface area (Å²) in [5, 5.41) is 21.3. The van der Waals surface area contributed by atoms with Crippen molar-refractivity contribution in [2.45, 2.75) is 45.6 Å². The molecule has 0 aromatic heterocycles. The van der Waals surface area contributed by atoms with E-state index in [0.717, 1.165) is 12.8 Å². The van der Waals surface area contributed by atoms with Gasteiger partial charge in [0.05, 0.1) is 6.61 Å². The minimum absolute atomic E-state index is 0.0718. The average Bonchev–Trinajstić information content (AvgIpc) is 2.30. The van der Waals surface area contributed by atoms with Crippen LogP contribution in [0.15, 0.2) is 11.6 Å². The first kappa shape index (κ1) is 15.1. The second-order valence-corrected chi connectivity index (χ2v) is 3.91. The molecule has 0 fully saturated rings. The zero-order chi connectivity index (χ0) is 12.6. The number of hydrogen-bond acceptors (Lipinski definition) is 3. The van der Waals surface area contributed by atoms with E-state index >= 15 is 0 Å². The molecule has 0 saturated heterocycles. The van der Waals surface area contributed by atoms with Gasteiger partial charge in [0.15, 0.2) is 0 Å².